The van der Waals surface area contributed by atoms with Crippen LogP contribution < -0.4 is 11.1 Å². The summed E-state index contributed by atoms with van der Waals surface area (Å²) in [6.07, 6.45) is 2.45. The molecule has 76 valence electrons. The molecule has 0 aliphatic heterocycles. The highest BCUT2D eigenvalue weighted by Gasteiger charge is 2.11. The van der Waals surface area contributed by atoms with Gasteiger partial charge in [0, 0.05) is 6.92 Å². The first kappa shape index (κ1) is 12.0. The molecule has 0 aromatic carbocycles. The lowest BCUT2D eigenvalue weighted by Gasteiger charge is -2.15. The van der Waals surface area contributed by atoms with Crippen molar-refractivity contribution in [2.75, 3.05) is 6.54 Å². The summed E-state index contributed by atoms with van der Waals surface area (Å²) >= 11 is 0. The van der Waals surface area contributed by atoms with E-state index in [0.717, 1.165) is 12.8 Å². The molecule has 1 atom stereocenters. The summed E-state index contributed by atoms with van der Waals surface area (Å²) in [5, 5.41) is 11.7. The van der Waals surface area contributed by atoms with Gasteiger partial charge in [0.15, 0.2) is 0 Å². The molecule has 0 radical (unpaired) electrons. The van der Waals surface area contributed by atoms with Crippen molar-refractivity contribution in [3.05, 3.63) is 12.3 Å². The molecule has 0 fully saturated rings. The smallest absolute Gasteiger partial charge is 0.217 e. The second-order valence-electron chi connectivity index (χ2n) is 3.03. The minimum atomic E-state index is -0.330. The number of aliphatic hydroxyl groups is 1. The molecule has 4 N–H and O–H groups in total. The maximum absolute atomic E-state index is 10.7. The van der Waals surface area contributed by atoms with E-state index in [4.69, 9.17) is 10.8 Å². The van der Waals surface area contributed by atoms with Gasteiger partial charge >= 0.3 is 0 Å². The first-order chi connectivity index (χ1) is 6.07. The van der Waals surface area contributed by atoms with Gasteiger partial charge < -0.3 is 16.2 Å². The van der Waals surface area contributed by atoms with Crippen LogP contribution in [-0.2, 0) is 4.79 Å². The quantitative estimate of drug-likeness (QED) is 0.422. The molecule has 1 amide bonds. The van der Waals surface area contributed by atoms with E-state index in [0.29, 0.717) is 13.0 Å². The zero-order chi connectivity index (χ0) is 10.3. The monoisotopic (exact) mass is 186 g/mol. The van der Waals surface area contributed by atoms with Gasteiger partial charge in [-0.1, -0.05) is 6.58 Å². The van der Waals surface area contributed by atoms with Crippen LogP contribution in [0.15, 0.2) is 12.3 Å². The van der Waals surface area contributed by atoms with Crippen molar-refractivity contribution in [1.29, 1.82) is 0 Å². The van der Waals surface area contributed by atoms with E-state index >= 15 is 0 Å². The number of unbranched alkanes of at least 4 members (excludes halogenated alkanes) is 1. The predicted octanol–water partition coefficient (Wildman–Crippen LogP) is 0.692. The molecule has 0 saturated carbocycles. The summed E-state index contributed by atoms with van der Waals surface area (Å²) in [5.41, 5.74) is 5.32. The van der Waals surface area contributed by atoms with Crippen LogP contribution in [0.4, 0.5) is 0 Å². The van der Waals surface area contributed by atoms with Crippen LogP contribution in [0.25, 0.3) is 0 Å². The van der Waals surface area contributed by atoms with Crippen molar-refractivity contribution in [1.82, 2.24) is 5.32 Å². The molecule has 0 aliphatic rings. The van der Waals surface area contributed by atoms with Gasteiger partial charge in [-0.15, -0.1) is 0 Å². The molecule has 0 heterocycles. The summed E-state index contributed by atoms with van der Waals surface area (Å²) < 4.78 is 0. The van der Waals surface area contributed by atoms with Crippen molar-refractivity contribution < 1.29 is 9.90 Å². The third kappa shape index (κ3) is 6.16. The Balaban J connectivity index is 3.81. The Morgan fingerprint density at radius 1 is 1.62 bits per heavy atom. The molecule has 4 heteroatoms. The molecule has 13 heavy (non-hydrogen) atoms. The molecule has 0 aliphatic carbocycles. The fourth-order valence-corrected chi connectivity index (χ4v) is 1.06. The largest absolute Gasteiger partial charge is 0.511 e. The van der Waals surface area contributed by atoms with Crippen LogP contribution in [0.3, 0.4) is 0 Å². The SMILES string of the molecule is C=C(O)C(CCCCN)NC(C)=O. The van der Waals surface area contributed by atoms with Gasteiger partial charge in [-0.3, -0.25) is 4.79 Å². The molecule has 0 aromatic heterocycles. The van der Waals surface area contributed by atoms with Crippen LogP contribution in [0.1, 0.15) is 26.2 Å². The highest BCUT2D eigenvalue weighted by Crippen LogP contribution is 2.05. The average Bonchev–Trinajstić information content (AvgIpc) is 2.02. The van der Waals surface area contributed by atoms with Gasteiger partial charge in [-0.2, -0.15) is 0 Å². The van der Waals surface area contributed by atoms with E-state index in [2.05, 4.69) is 11.9 Å². The lowest BCUT2D eigenvalue weighted by molar-refractivity contribution is -0.119. The number of nitrogens with one attached hydrogen (secondary N) is 1. The van der Waals surface area contributed by atoms with E-state index in [1.54, 1.807) is 0 Å². The minimum absolute atomic E-state index is 0.00669. The summed E-state index contributed by atoms with van der Waals surface area (Å²) in [7, 11) is 0. The van der Waals surface area contributed by atoms with Crippen molar-refractivity contribution in [2.45, 2.75) is 32.2 Å². The topological polar surface area (TPSA) is 75.3 Å². The maximum atomic E-state index is 10.7. The summed E-state index contributed by atoms with van der Waals surface area (Å²) in [6.45, 7) is 5.44. The highest BCUT2D eigenvalue weighted by molar-refractivity contribution is 5.73. The third-order valence-corrected chi connectivity index (χ3v) is 1.73. The van der Waals surface area contributed by atoms with Crippen LogP contribution in [-0.4, -0.2) is 23.6 Å². The number of aliphatic hydroxyl groups excluding tert-OH is 1. The normalized spacial score (nSPS) is 12.2. The summed E-state index contributed by atoms with van der Waals surface area (Å²) in [5.74, 6) is -0.153. The predicted molar refractivity (Wildman–Crippen MR) is 52.3 cm³/mol. The van der Waals surface area contributed by atoms with Crippen molar-refractivity contribution >= 4 is 5.91 Å². The Morgan fingerprint density at radius 3 is 2.62 bits per heavy atom. The first-order valence-electron chi connectivity index (χ1n) is 4.43. The molecule has 0 spiro atoms. The van der Waals surface area contributed by atoms with Crippen LogP contribution in [0.2, 0.25) is 0 Å². The Bertz CT molecular complexity index is 180. The van der Waals surface area contributed by atoms with Gasteiger partial charge in [0.25, 0.3) is 0 Å². The van der Waals surface area contributed by atoms with Crippen LogP contribution in [0, 0.1) is 0 Å². The Labute approximate surface area is 78.8 Å². The zero-order valence-electron chi connectivity index (χ0n) is 8.05. The molecule has 4 nitrogen and oxygen atoms in total. The second kappa shape index (κ2) is 6.48. The minimum Gasteiger partial charge on any atom is -0.511 e. The van der Waals surface area contributed by atoms with Crippen molar-refractivity contribution in [2.24, 2.45) is 5.73 Å². The fraction of sp³-hybridized carbons (Fsp3) is 0.667. The summed E-state index contributed by atoms with van der Waals surface area (Å²) in [6, 6.07) is -0.330. The van der Waals surface area contributed by atoms with E-state index in [9.17, 15) is 4.79 Å². The number of rotatable bonds is 6. The average molecular weight is 186 g/mol. The number of amides is 1. The van der Waals surface area contributed by atoms with Gasteiger partial charge in [-0.05, 0) is 25.8 Å². The molecular weight excluding hydrogens is 168 g/mol. The van der Waals surface area contributed by atoms with E-state index < -0.39 is 0 Å². The van der Waals surface area contributed by atoms with Crippen molar-refractivity contribution in [3.8, 4) is 0 Å². The zero-order valence-corrected chi connectivity index (χ0v) is 8.05. The van der Waals surface area contributed by atoms with E-state index in [-0.39, 0.29) is 17.7 Å². The van der Waals surface area contributed by atoms with Crippen LogP contribution in [0.5, 0.6) is 0 Å². The Morgan fingerprint density at radius 2 is 2.23 bits per heavy atom. The molecular formula is C9H18N2O2. The molecule has 0 saturated heterocycles. The van der Waals surface area contributed by atoms with E-state index in [1.165, 1.54) is 6.92 Å². The second-order valence-corrected chi connectivity index (χ2v) is 3.03. The van der Waals surface area contributed by atoms with Crippen molar-refractivity contribution in [3.63, 3.8) is 0 Å². The number of carbonyl (C=O) groups excluding carboxylic acids is 1. The molecule has 0 bridgehead atoms. The summed E-state index contributed by atoms with van der Waals surface area (Å²) in [4.78, 5) is 10.7. The first-order valence-corrected chi connectivity index (χ1v) is 4.43. The standard InChI is InChI=1S/C9H18N2O2/c1-7(12)9(11-8(2)13)5-3-4-6-10/h9,12H,1,3-6,10H2,2H3,(H,11,13). The molecule has 0 rings (SSSR count). The third-order valence-electron chi connectivity index (χ3n) is 1.73. The van der Waals surface area contributed by atoms with Crippen LogP contribution >= 0.6 is 0 Å². The Hall–Kier alpha value is -1.03. The molecule has 0 aromatic rings. The van der Waals surface area contributed by atoms with Gasteiger partial charge in [0.1, 0.15) is 5.76 Å². The molecule has 1 unspecified atom stereocenters. The number of carbonyl (C=O) groups is 1. The number of hydrogen-bond acceptors (Lipinski definition) is 3. The Kier molecular flexibility index (Phi) is 5.97. The lowest BCUT2D eigenvalue weighted by Crippen LogP contribution is -2.34. The lowest BCUT2D eigenvalue weighted by atomic mass is 10.1. The van der Waals surface area contributed by atoms with Gasteiger partial charge in [0.05, 0.1) is 6.04 Å². The number of hydrogen-bond donors (Lipinski definition) is 3. The maximum Gasteiger partial charge on any atom is 0.217 e. The van der Waals surface area contributed by atoms with Gasteiger partial charge in [0.2, 0.25) is 5.91 Å². The number of nitrogens with two attached hydrogens (primary N) is 1. The van der Waals surface area contributed by atoms with E-state index in [1.807, 2.05) is 0 Å². The fourth-order valence-electron chi connectivity index (χ4n) is 1.06. The van der Waals surface area contributed by atoms with Gasteiger partial charge in [-0.25, -0.2) is 0 Å². The highest BCUT2D eigenvalue weighted by atomic mass is 16.3.